The molecule has 0 atom stereocenters. The Hall–Kier alpha value is -0.921. The van der Waals surface area contributed by atoms with E-state index in [4.69, 9.17) is 14.2 Å². The summed E-state index contributed by atoms with van der Waals surface area (Å²) in [6.07, 6.45) is 8.00. The zero-order valence-electron chi connectivity index (χ0n) is 5.39. The van der Waals surface area contributed by atoms with Crippen LogP contribution in [0.2, 0.25) is 0 Å². The van der Waals surface area contributed by atoms with Gasteiger partial charge in [0.05, 0.1) is 0 Å². The van der Waals surface area contributed by atoms with Crippen LogP contribution in [0.1, 0.15) is 0 Å². The molecule has 0 saturated heterocycles. The Labute approximate surface area is 75.0 Å². The van der Waals surface area contributed by atoms with Gasteiger partial charge in [-0.15, -0.1) is 0 Å². The first-order chi connectivity index (χ1) is 5.00. The van der Waals surface area contributed by atoms with Crippen LogP contribution in [0.5, 0.6) is 0 Å². The summed E-state index contributed by atoms with van der Waals surface area (Å²) >= 11 is 0. The summed E-state index contributed by atoms with van der Waals surface area (Å²) < 4.78 is 15.0. The van der Waals surface area contributed by atoms with Gasteiger partial charge in [0.2, 0.25) is 0 Å². The second kappa shape index (κ2) is 62.5. The van der Waals surface area contributed by atoms with Crippen LogP contribution in [-0.4, -0.2) is 0 Å². The molecule has 0 aromatic heterocycles. The van der Waals surface area contributed by atoms with Crippen molar-refractivity contribution in [1.29, 1.82) is 5.59 Å². The van der Waals surface area contributed by atoms with E-state index < -0.39 is 0 Å². The summed E-state index contributed by atoms with van der Waals surface area (Å²) in [5.41, 5.74) is 4.50. The van der Waals surface area contributed by atoms with E-state index in [1.54, 1.807) is 0 Å². The van der Waals surface area contributed by atoms with Crippen molar-refractivity contribution in [3.05, 3.63) is 42.5 Å². The van der Waals surface area contributed by atoms with Crippen molar-refractivity contribution >= 4 is 0 Å². The maximum Gasteiger partial charge on any atom is 0 e. The number of hydrogen-bond donors (Lipinski definition) is 1. The number of nitroso groups, excluding NO2 is 1. The fourth-order valence-electron chi connectivity index (χ4n) is 0.111. The van der Waals surface area contributed by atoms with E-state index in [1.807, 2.05) is 24.3 Å². The molecule has 0 radical (unpaired) electrons. The van der Waals surface area contributed by atoms with E-state index in [2.05, 4.69) is 18.9 Å². The molecule has 0 unspecified atom stereocenters. The zero-order chi connectivity index (χ0) is 8.83. The van der Waals surface area contributed by atoms with Gasteiger partial charge in [0.25, 0.3) is 0 Å². The molecule has 5 heteroatoms. The SMILES string of the molecule is C1=CC=C1.N=O.[C-]#[O+].[C-]#[O+].[Fe]. The third-order valence-electron chi connectivity index (χ3n) is 0.444. The maximum atomic E-state index is 7.50. The molecule has 1 N–H and O–H groups in total. The van der Waals surface area contributed by atoms with Gasteiger partial charge < -0.3 is 0 Å². The Balaban J connectivity index is -0.0000000317. The van der Waals surface area contributed by atoms with Crippen molar-refractivity contribution in [2.45, 2.75) is 0 Å². The molecule has 1 aliphatic carbocycles. The quantitative estimate of drug-likeness (QED) is 0.269. The third-order valence-corrected chi connectivity index (χ3v) is 0.444. The molecule has 0 heterocycles. The van der Waals surface area contributed by atoms with Gasteiger partial charge >= 0.3 is 22.6 Å². The topological polar surface area (TPSA) is 80.7 Å². The molecule has 60 valence electrons. The molecule has 0 aliphatic heterocycles. The van der Waals surface area contributed by atoms with E-state index in [0.717, 1.165) is 0 Å². The van der Waals surface area contributed by atoms with Crippen LogP contribution in [0.3, 0.4) is 0 Å². The molecular weight excluding hydrogens is 190 g/mol. The molecule has 0 aromatic carbocycles. The van der Waals surface area contributed by atoms with Crippen LogP contribution in [0, 0.1) is 23.8 Å². The summed E-state index contributed by atoms with van der Waals surface area (Å²) in [5, 5.41) is 0. The minimum Gasteiger partial charge on any atom is 0 e. The van der Waals surface area contributed by atoms with E-state index in [9.17, 15) is 0 Å². The molecule has 1 aliphatic rings. The molecule has 0 amide bonds. The minimum atomic E-state index is 0. The Kier molecular flexibility index (Phi) is 128. The average molecular weight is 195 g/mol. The predicted molar refractivity (Wildman–Crippen MR) is 32.2 cm³/mol. The van der Waals surface area contributed by atoms with Crippen molar-refractivity contribution < 1.29 is 26.4 Å². The summed E-state index contributed by atoms with van der Waals surface area (Å²) in [5.74, 6) is 0. The van der Waals surface area contributed by atoms with Gasteiger partial charge in [-0.05, 0) is 0 Å². The predicted octanol–water partition coefficient (Wildman–Crippen LogP) is 1.37. The molecule has 0 fully saturated rings. The first-order valence-corrected chi connectivity index (χ1v) is 1.95. The summed E-state index contributed by atoms with van der Waals surface area (Å²) in [7, 11) is 0. The Bertz CT molecular complexity index is 115. The molecule has 11 heavy (non-hydrogen) atoms. The summed E-state index contributed by atoms with van der Waals surface area (Å²) in [4.78, 5) is 7.50. The van der Waals surface area contributed by atoms with Crippen molar-refractivity contribution in [2.75, 3.05) is 0 Å². The van der Waals surface area contributed by atoms with Crippen LogP contribution in [0.25, 0.3) is 0 Å². The fourth-order valence-corrected chi connectivity index (χ4v) is 0.111. The molecule has 1 rings (SSSR count). The minimum absolute atomic E-state index is 0. The Morgan fingerprint density at radius 1 is 0.818 bits per heavy atom. The van der Waals surface area contributed by atoms with Crippen molar-refractivity contribution in [2.24, 2.45) is 0 Å². The van der Waals surface area contributed by atoms with Crippen molar-refractivity contribution in [3.63, 3.8) is 0 Å². The summed E-state index contributed by atoms with van der Waals surface area (Å²) in [6, 6.07) is 0. The van der Waals surface area contributed by atoms with Gasteiger partial charge in [-0.2, -0.15) is 4.91 Å². The Morgan fingerprint density at radius 2 is 0.909 bits per heavy atom. The standard InChI is InChI=1S/C4H4.2CO.Fe.HNO/c1-2-4-3-1;2*1-2;;1-2/h1-4H;;;;1H. The normalized spacial score (nSPS) is 6.55. The number of nitrogens with one attached hydrogen (secondary N) is 1. The molecular formula is C6H5FeNO3. The van der Waals surface area contributed by atoms with Crippen LogP contribution >= 0.6 is 0 Å². The second-order valence-corrected chi connectivity index (χ2v) is 0.770. The average Bonchev–Trinajstić information content (AvgIpc) is 1.96. The number of hydrogen-bond acceptors (Lipinski definition) is 2. The van der Waals surface area contributed by atoms with E-state index >= 15 is 0 Å². The van der Waals surface area contributed by atoms with Gasteiger partial charge in [0.1, 0.15) is 0 Å². The van der Waals surface area contributed by atoms with Crippen molar-refractivity contribution in [3.8, 4) is 0 Å². The zero-order valence-corrected chi connectivity index (χ0v) is 6.49. The third kappa shape index (κ3) is 48.0. The van der Waals surface area contributed by atoms with Crippen LogP contribution in [-0.2, 0) is 26.4 Å². The smallest absolute Gasteiger partial charge is 0 e. The van der Waals surface area contributed by atoms with Gasteiger partial charge in [0, 0.05) is 17.1 Å². The molecule has 4 nitrogen and oxygen atoms in total. The van der Waals surface area contributed by atoms with Gasteiger partial charge in [-0.3, -0.25) is 0 Å². The maximum absolute atomic E-state index is 7.50. The van der Waals surface area contributed by atoms with E-state index in [1.165, 1.54) is 0 Å². The fraction of sp³-hybridized carbons (Fsp3) is 0. The summed E-state index contributed by atoms with van der Waals surface area (Å²) in [6.45, 7) is 9.00. The molecule has 0 saturated carbocycles. The van der Waals surface area contributed by atoms with E-state index in [-0.39, 0.29) is 17.1 Å². The Morgan fingerprint density at radius 3 is 0.909 bits per heavy atom. The monoisotopic (exact) mass is 195 g/mol. The first-order valence-electron chi connectivity index (χ1n) is 1.95. The first kappa shape index (κ1) is 22.5. The molecule has 0 aromatic rings. The number of allylic oxidation sites excluding steroid dienone is 4. The van der Waals surface area contributed by atoms with Crippen LogP contribution < -0.4 is 0 Å². The van der Waals surface area contributed by atoms with Crippen molar-refractivity contribution in [1.82, 2.24) is 0 Å². The van der Waals surface area contributed by atoms with Gasteiger partial charge in [-0.1, -0.05) is 29.9 Å². The molecule has 0 bridgehead atoms. The van der Waals surface area contributed by atoms with Gasteiger partial charge in [-0.25, -0.2) is 0 Å². The largest absolute Gasteiger partial charge is 0 e. The number of rotatable bonds is 0. The van der Waals surface area contributed by atoms with Gasteiger partial charge in [0.15, 0.2) is 0 Å². The van der Waals surface area contributed by atoms with E-state index in [0.29, 0.717) is 0 Å². The second-order valence-electron chi connectivity index (χ2n) is 0.770. The molecule has 0 spiro atoms. The van der Waals surface area contributed by atoms with Crippen LogP contribution in [0.15, 0.2) is 24.3 Å². The van der Waals surface area contributed by atoms with Crippen LogP contribution in [0.4, 0.5) is 0 Å².